The SMILES string of the molecule is COC(=O)C(Cc1c[nH]c2ccccc12)NC(=O)CCCCCNSc1ccccc1[N+](=O)[O-]. The molecule has 9 nitrogen and oxygen atoms in total. The molecule has 10 heteroatoms. The quantitative estimate of drug-likeness (QED) is 0.109. The minimum Gasteiger partial charge on any atom is -0.467 e. The van der Waals surface area contributed by atoms with Crippen molar-refractivity contribution < 1.29 is 19.2 Å². The maximum absolute atomic E-state index is 12.4. The van der Waals surface area contributed by atoms with Crippen molar-refractivity contribution in [2.45, 2.75) is 43.0 Å². The monoisotopic (exact) mass is 484 g/mol. The molecule has 0 saturated heterocycles. The van der Waals surface area contributed by atoms with Crippen molar-refractivity contribution in [2.75, 3.05) is 13.7 Å². The molecule has 3 rings (SSSR count). The van der Waals surface area contributed by atoms with Crippen LogP contribution in [-0.2, 0) is 20.7 Å². The lowest BCUT2D eigenvalue weighted by atomic mass is 10.0. The standard InChI is InChI=1S/C24H28N4O5S/c1-33-24(30)20(15-17-16-25-19-10-5-4-9-18(17)19)27-23(29)13-3-2-8-14-26-34-22-12-7-6-11-21(22)28(31)32/h4-7,9-12,16,20,25-26H,2-3,8,13-15H2,1H3,(H,27,29). The number of nitrogens with zero attached hydrogens (tertiary/aromatic N) is 1. The van der Waals surface area contributed by atoms with Crippen molar-refractivity contribution in [3.8, 4) is 0 Å². The number of esters is 1. The number of nitro benzene ring substituents is 1. The number of H-pyrrole nitrogens is 1. The summed E-state index contributed by atoms with van der Waals surface area (Å²) >= 11 is 1.23. The Labute approximate surface area is 201 Å². The first-order valence-corrected chi connectivity index (χ1v) is 11.9. The zero-order valence-electron chi connectivity index (χ0n) is 18.9. The van der Waals surface area contributed by atoms with Crippen molar-refractivity contribution >= 4 is 40.4 Å². The number of aromatic amines is 1. The Morgan fingerprint density at radius 3 is 2.68 bits per heavy atom. The number of carbonyl (C=O) groups is 2. The summed E-state index contributed by atoms with van der Waals surface area (Å²) in [6, 6.07) is 13.6. The highest BCUT2D eigenvalue weighted by molar-refractivity contribution is 7.97. The van der Waals surface area contributed by atoms with Crippen molar-refractivity contribution in [2.24, 2.45) is 0 Å². The highest BCUT2D eigenvalue weighted by Gasteiger charge is 2.23. The molecule has 3 aromatic rings. The molecule has 1 unspecified atom stereocenters. The predicted molar refractivity (Wildman–Crippen MR) is 131 cm³/mol. The van der Waals surface area contributed by atoms with Gasteiger partial charge in [-0.05, 0) is 42.5 Å². The first-order valence-electron chi connectivity index (χ1n) is 11.0. The Kier molecular flexibility index (Phi) is 9.48. The third kappa shape index (κ3) is 7.06. The van der Waals surface area contributed by atoms with Gasteiger partial charge in [-0.1, -0.05) is 36.8 Å². The van der Waals surface area contributed by atoms with Gasteiger partial charge in [-0.25, -0.2) is 4.79 Å². The van der Waals surface area contributed by atoms with Crippen LogP contribution in [0, 0.1) is 10.1 Å². The topological polar surface area (TPSA) is 126 Å². The Morgan fingerprint density at radius 2 is 1.88 bits per heavy atom. The number of methoxy groups -OCH3 is 1. The highest BCUT2D eigenvalue weighted by atomic mass is 32.2. The molecule has 0 saturated carbocycles. The number of fused-ring (bicyclic) bond motifs is 1. The van der Waals surface area contributed by atoms with Gasteiger partial charge in [-0.2, -0.15) is 0 Å². The molecule has 0 fully saturated rings. The molecule has 0 aliphatic rings. The van der Waals surface area contributed by atoms with Crippen LogP contribution in [0.1, 0.15) is 31.2 Å². The smallest absolute Gasteiger partial charge is 0.328 e. The number of nitro groups is 1. The van der Waals surface area contributed by atoms with Crippen LogP contribution in [0.5, 0.6) is 0 Å². The van der Waals surface area contributed by atoms with Gasteiger partial charge in [0.05, 0.1) is 12.0 Å². The molecule has 34 heavy (non-hydrogen) atoms. The Bertz CT molecular complexity index is 1130. The van der Waals surface area contributed by atoms with Crippen LogP contribution < -0.4 is 10.0 Å². The minimum absolute atomic E-state index is 0.0736. The first kappa shape index (κ1) is 25.3. The predicted octanol–water partition coefficient (Wildman–Crippen LogP) is 4.13. The summed E-state index contributed by atoms with van der Waals surface area (Å²) in [4.78, 5) is 39.1. The number of unbranched alkanes of at least 4 members (excludes halogenated alkanes) is 2. The maximum atomic E-state index is 12.4. The number of para-hydroxylation sites is 2. The molecule has 1 heterocycles. The number of aromatic nitrogens is 1. The fourth-order valence-corrected chi connectivity index (χ4v) is 4.40. The van der Waals surface area contributed by atoms with E-state index in [1.165, 1.54) is 25.1 Å². The van der Waals surface area contributed by atoms with E-state index in [4.69, 9.17) is 4.74 Å². The second-order valence-electron chi connectivity index (χ2n) is 7.74. The van der Waals surface area contributed by atoms with E-state index in [1.54, 1.807) is 18.2 Å². The molecule has 2 aromatic carbocycles. The van der Waals surface area contributed by atoms with E-state index in [0.29, 0.717) is 30.7 Å². The molecule has 0 bridgehead atoms. The molecule has 0 aliphatic carbocycles. The van der Waals surface area contributed by atoms with E-state index in [9.17, 15) is 19.7 Å². The van der Waals surface area contributed by atoms with Gasteiger partial charge >= 0.3 is 5.97 Å². The maximum Gasteiger partial charge on any atom is 0.328 e. The summed E-state index contributed by atoms with van der Waals surface area (Å²) in [6.45, 7) is 0.656. The fraction of sp³-hybridized carbons (Fsp3) is 0.333. The van der Waals surface area contributed by atoms with Crippen molar-refractivity contribution in [3.05, 3.63) is 70.4 Å². The minimum atomic E-state index is -0.753. The van der Waals surface area contributed by atoms with Crippen LogP contribution in [0.4, 0.5) is 5.69 Å². The molecule has 1 amide bonds. The van der Waals surface area contributed by atoms with Gasteiger partial charge in [0.1, 0.15) is 10.9 Å². The van der Waals surface area contributed by atoms with Crippen LogP contribution in [-0.4, -0.2) is 41.5 Å². The third-order valence-electron chi connectivity index (χ3n) is 5.35. The number of ether oxygens (including phenoxy) is 1. The normalized spacial score (nSPS) is 11.8. The summed E-state index contributed by atoms with van der Waals surface area (Å²) in [5.74, 6) is -0.674. The number of benzene rings is 2. The number of hydrogen-bond acceptors (Lipinski definition) is 7. The molecule has 1 atom stereocenters. The van der Waals surface area contributed by atoms with Crippen LogP contribution in [0.25, 0.3) is 10.9 Å². The van der Waals surface area contributed by atoms with Gasteiger partial charge in [-0.3, -0.25) is 19.6 Å². The zero-order valence-corrected chi connectivity index (χ0v) is 19.7. The van der Waals surface area contributed by atoms with E-state index in [-0.39, 0.29) is 11.6 Å². The van der Waals surface area contributed by atoms with E-state index in [2.05, 4.69) is 15.0 Å². The van der Waals surface area contributed by atoms with Gasteiger partial charge in [0.15, 0.2) is 0 Å². The van der Waals surface area contributed by atoms with E-state index in [1.807, 2.05) is 30.5 Å². The summed E-state index contributed by atoms with van der Waals surface area (Å²) in [5, 5.41) is 14.9. The molecule has 3 N–H and O–H groups in total. The number of hydrogen-bond donors (Lipinski definition) is 3. The largest absolute Gasteiger partial charge is 0.467 e. The third-order valence-corrected chi connectivity index (χ3v) is 6.26. The van der Waals surface area contributed by atoms with Gasteiger partial charge in [-0.15, -0.1) is 0 Å². The van der Waals surface area contributed by atoms with Crippen LogP contribution in [0.3, 0.4) is 0 Å². The van der Waals surface area contributed by atoms with Gasteiger partial charge < -0.3 is 15.0 Å². The van der Waals surface area contributed by atoms with Gasteiger partial charge in [0, 0.05) is 42.6 Å². The van der Waals surface area contributed by atoms with Crippen molar-refractivity contribution in [3.63, 3.8) is 0 Å². The Morgan fingerprint density at radius 1 is 1.12 bits per heavy atom. The Hall–Kier alpha value is -3.37. The lowest BCUT2D eigenvalue weighted by molar-refractivity contribution is -0.387. The van der Waals surface area contributed by atoms with Gasteiger partial charge in [0.2, 0.25) is 5.91 Å². The number of carbonyl (C=O) groups excluding carboxylic acids is 2. The average Bonchev–Trinajstić information content (AvgIpc) is 3.25. The number of rotatable bonds is 13. The summed E-state index contributed by atoms with van der Waals surface area (Å²) < 4.78 is 8.01. The van der Waals surface area contributed by atoms with Crippen LogP contribution in [0.15, 0.2) is 59.6 Å². The fourth-order valence-electron chi connectivity index (χ4n) is 3.61. The molecule has 180 valence electrons. The summed E-state index contributed by atoms with van der Waals surface area (Å²) in [7, 11) is 1.31. The molecular formula is C24H28N4O5S. The van der Waals surface area contributed by atoms with E-state index in [0.717, 1.165) is 29.3 Å². The number of nitrogens with one attached hydrogen (secondary N) is 3. The van der Waals surface area contributed by atoms with Gasteiger partial charge in [0.25, 0.3) is 5.69 Å². The van der Waals surface area contributed by atoms with E-state index >= 15 is 0 Å². The lowest BCUT2D eigenvalue weighted by Crippen LogP contribution is -2.43. The average molecular weight is 485 g/mol. The summed E-state index contributed by atoms with van der Waals surface area (Å²) in [5.41, 5.74) is 1.99. The molecule has 0 spiro atoms. The Balaban J connectivity index is 1.39. The summed E-state index contributed by atoms with van der Waals surface area (Å²) in [6.07, 6.45) is 4.79. The molecule has 0 radical (unpaired) electrons. The second kappa shape index (κ2) is 12.8. The lowest BCUT2D eigenvalue weighted by Gasteiger charge is -2.16. The second-order valence-corrected chi connectivity index (χ2v) is 8.67. The highest BCUT2D eigenvalue weighted by Crippen LogP contribution is 2.26. The molecule has 0 aliphatic heterocycles. The van der Waals surface area contributed by atoms with Crippen LogP contribution >= 0.6 is 11.9 Å². The molecule has 1 aromatic heterocycles. The van der Waals surface area contributed by atoms with Crippen molar-refractivity contribution in [1.29, 1.82) is 0 Å². The van der Waals surface area contributed by atoms with E-state index < -0.39 is 16.9 Å². The number of amides is 1. The first-order chi connectivity index (χ1) is 16.5. The molecular weight excluding hydrogens is 456 g/mol. The zero-order chi connectivity index (χ0) is 24.3. The van der Waals surface area contributed by atoms with Crippen molar-refractivity contribution in [1.82, 2.24) is 15.0 Å². The van der Waals surface area contributed by atoms with Crippen LogP contribution in [0.2, 0.25) is 0 Å².